The first-order valence-electron chi connectivity index (χ1n) is 10.9. The Morgan fingerprint density at radius 3 is 2.67 bits per heavy atom. The van der Waals surface area contributed by atoms with Crippen molar-refractivity contribution in [2.45, 2.75) is 63.0 Å². The molecule has 3 heterocycles. The molecule has 2 aromatic rings. The molecule has 178 valence electrons. The summed E-state index contributed by atoms with van der Waals surface area (Å²) >= 11 is 0. The van der Waals surface area contributed by atoms with Crippen molar-refractivity contribution >= 4 is 23.4 Å². The van der Waals surface area contributed by atoms with Crippen LogP contribution in [0.4, 0.5) is 30.6 Å². The minimum Gasteiger partial charge on any atom is -0.376 e. The average molecular weight is 465 g/mol. The van der Waals surface area contributed by atoms with Crippen LogP contribution in [0.5, 0.6) is 0 Å². The molecule has 2 aromatic heterocycles. The Morgan fingerprint density at radius 2 is 2.03 bits per heavy atom. The number of rotatable bonds is 6. The van der Waals surface area contributed by atoms with Crippen LogP contribution in [-0.4, -0.2) is 57.5 Å². The van der Waals surface area contributed by atoms with Gasteiger partial charge in [-0.3, -0.25) is 9.48 Å². The second-order valence-electron chi connectivity index (χ2n) is 9.18. The van der Waals surface area contributed by atoms with Gasteiger partial charge in [0.1, 0.15) is 17.4 Å². The van der Waals surface area contributed by atoms with Crippen LogP contribution in [0.1, 0.15) is 37.1 Å². The number of alkyl halides is 3. The molecular formula is C21H26F3N7O2. The molecular weight excluding hydrogens is 439 g/mol. The Kier molecular flexibility index (Phi) is 5.03. The summed E-state index contributed by atoms with van der Waals surface area (Å²) in [5, 5.41) is 10.1. The van der Waals surface area contributed by atoms with E-state index < -0.39 is 23.5 Å². The van der Waals surface area contributed by atoms with Crippen molar-refractivity contribution < 1.29 is 22.7 Å². The van der Waals surface area contributed by atoms with E-state index in [1.54, 1.807) is 7.11 Å². The first-order chi connectivity index (χ1) is 15.6. The highest BCUT2D eigenvalue weighted by Gasteiger charge is 2.57. The summed E-state index contributed by atoms with van der Waals surface area (Å²) in [5.74, 6) is 1.02. The van der Waals surface area contributed by atoms with E-state index in [0.717, 1.165) is 23.6 Å². The van der Waals surface area contributed by atoms with Gasteiger partial charge in [0.05, 0.1) is 11.3 Å². The Bertz CT molecular complexity index is 1080. The fraction of sp³-hybridized carbons (Fsp3) is 0.619. The van der Waals surface area contributed by atoms with E-state index >= 15 is 0 Å². The molecule has 2 saturated carbocycles. The zero-order chi connectivity index (χ0) is 23.5. The van der Waals surface area contributed by atoms with Crippen molar-refractivity contribution in [3.05, 3.63) is 23.7 Å². The van der Waals surface area contributed by atoms with E-state index in [2.05, 4.69) is 25.7 Å². The van der Waals surface area contributed by atoms with Crippen LogP contribution in [0, 0.1) is 12.8 Å². The van der Waals surface area contributed by atoms with Crippen LogP contribution < -0.4 is 15.5 Å². The number of ether oxygens (including phenoxy) is 1. The van der Waals surface area contributed by atoms with Gasteiger partial charge >= 0.3 is 6.18 Å². The predicted octanol–water partition coefficient (Wildman–Crippen LogP) is 2.83. The lowest BCUT2D eigenvalue weighted by Gasteiger charge is -2.39. The molecule has 2 aliphatic carbocycles. The van der Waals surface area contributed by atoms with Gasteiger partial charge < -0.3 is 20.3 Å². The molecule has 5 rings (SSSR count). The van der Waals surface area contributed by atoms with Gasteiger partial charge in [0.2, 0.25) is 11.9 Å². The standard InChI is InChI=1S/C21H26F3N7O2/c1-11-15-17(30(2)16(18(32)28-15)20(33-3)5-6-20)29-19(26-11)27-13-8-12(9-13)10-31-14(4-7-25-31)21(22,23)24/h4,7,12-13,16H,5-6,8-10H2,1-3H3,(H,28,32)(H,26,27,29). The van der Waals surface area contributed by atoms with Crippen LogP contribution in [0.3, 0.4) is 0 Å². The van der Waals surface area contributed by atoms with Gasteiger partial charge in [0.25, 0.3) is 0 Å². The maximum absolute atomic E-state index is 13.1. The third-order valence-corrected chi connectivity index (χ3v) is 6.94. The maximum atomic E-state index is 13.1. The van der Waals surface area contributed by atoms with Crippen molar-refractivity contribution in [3.63, 3.8) is 0 Å². The van der Waals surface area contributed by atoms with E-state index in [1.807, 2.05) is 18.9 Å². The molecule has 1 amide bonds. The molecule has 9 nitrogen and oxygen atoms in total. The second-order valence-corrected chi connectivity index (χ2v) is 9.18. The SMILES string of the molecule is COC1(C2C(=O)Nc3c(C)nc(NC4CC(Cn5nccc5C(F)(F)F)C4)nc3N2C)CC1. The first-order valence-corrected chi connectivity index (χ1v) is 10.9. The average Bonchev–Trinajstić information content (AvgIpc) is 3.34. The predicted molar refractivity (Wildman–Crippen MR) is 114 cm³/mol. The molecule has 12 heteroatoms. The molecule has 1 atom stereocenters. The number of hydrogen-bond acceptors (Lipinski definition) is 7. The van der Waals surface area contributed by atoms with E-state index in [-0.39, 0.29) is 24.4 Å². The molecule has 1 unspecified atom stereocenters. The van der Waals surface area contributed by atoms with Crippen molar-refractivity contribution in [2.75, 3.05) is 29.7 Å². The molecule has 0 bridgehead atoms. The second kappa shape index (κ2) is 7.57. The minimum absolute atomic E-state index is 0.0605. The quantitative estimate of drug-likeness (QED) is 0.677. The molecule has 3 aliphatic rings. The van der Waals surface area contributed by atoms with E-state index in [4.69, 9.17) is 4.74 Å². The highest BCUT2D eigenvalue weighted by Crippen LogP contribution is 2.47. The first kappa shape index (κ1) is 21.9. The number of carbonyl (C=O) groups is 1. The third-order valence-electron chi connectivity index (χ3n) is 6.94. The van der Waals surface area contributed by atoms with Gasteiger partial charge in [0.15, 0.2) is 5.82 Å². The lowest BCUT2D eigenvalue weighted by Crippen LogP contribution is -2.55. The van der Waals surface area contributed by atoms with Gasteiger partial charge in [-0.1, -0.05) is 0 Å². The summed E-state index contributed by atoms with van der Waals surface area (Å²) in [7, 11) is 3.45. The lowest BCUT2D eigenvalue weighted by atomic mass is 9.80. The summed E-state index contributed by atoms with van der Waals surface area (Å²) in [5.41, 5.74) is 0.00902. The lowest BCUT2D eigenvalue weighted by molar-refractivity contribution is -0.144. The van der Waals surface area contributed by atoms with Gasteiger partial charge in [-0.2, -0.15) is 23.3 Å². The number of aryl methyl sites for hydroxylation is 1. The van der Waals surface area contributed by atoms with E-state index in [1.165, 1.54) is 6.20 Å². The summed E-state index contributed by atoms with van der Waals surface area (Å²) in [4.78, 5) is 23.7. The molecule has 2 fully saturated rings. The highest BCUT2D eigenvalue weighted by molar-refractivity contribution is 6.04. The topological polar surface area (TPSA) is 97.2 Å². The smallest absolute Gasteiger partial charge is 0.376 e. The van der Waals surface area contributed by atoms with Crippen LogP contribution >= 0.6 is 0 Å². The Hall–Kier alpha value is -2.89. The third kappa shape index (κ3) is 3.79. The van der Waals surface area contributed by atoms with Crippen LogP contribution in [-0.2, 0) is 22.3 Å². The number of aromatic nitrogens is 4. The largest absolute Gasteiger partial charge is 0.433 e. The number of amides is 1. The maximum Gasteiger partial charge on any atom is 0.433 e. The summed E-state index contributed by atoms with van der Waals surface area (Å²) in [6, 6.07) is 0.586. The zero-order valence-electron chi connectivity index (χ0n) is 18.6. The molecule has 0 spiro atoms. The Morgan fingerprint density at radius 1 is 1.30 bits per heavy atom. The minimum atomic E-state index is -4.41. The monoisotopic (exact) mass is 465 g/mol. The fourth-order valence-electron chi connectivity index (χ4n) is 4.97. The number of methoxy groups -OCH3 is 1. The number of likely N-dealkylation sites (N-methyl/N-ethyl adjacent to an activating group) is 1. The number of halogens is 3. The van der Waals surface area contributed by atoms with Gasteiger partial charge in [-0.15, -0.1) is 0 Å². The molecule has 0 radical (unpaired) electrons. The van der Waals surface area contributed by atoms with Gasteiger partial charge in [0, 0.05) is 32.9 Å². The van der Waals surface area contributed by atoms with Crippen molar-refractivity contribution in [1.82, 2.24) is 19.7 Å². The summed E-state index contributed by atoms with van der Waals surface area (Å²) in [6.45, 7) is 2.03. The molecule has 2 N–H and O–H groups in total. The molecule has 0 aromatic carbocycles. The fourth-order valence-corrected chi connectivity index (χ4v) is 4.97. The normalized spacial score (nSPS) is 25.8. The van der Waals surface area contributed by atoms with Crippen LogP contribution in [0.2, 0.25) is 0 Å². The van der Waals surface area contributed by atoms with E-state index in [0.29, 0.717) is 36.0 Å². The number of carbonyl (C=O) groups excluding carboxylic acids is 1. The Labute approximate surface area is 188 Å². The highest BCUT2D eigenvalue weighted by atomic mass is 19.4. The zero-order valence-corrected chi connectivity index (χ0v) is 18.6. The number of anilines is 3. The van der Waals surface area contributed by atoms with Crippen molar-refractivity contribution in [3.8, 4) is 0 Å². The Balaban J connectivity index is 1.26. The number of nitrogens with one attached hydrogen (secondary N) is 2. The van der Waals surface area contributed by atoms with Gasteiger partial charge in [-0.05, 0) is 44.6 Å². The van der Waals surface area contributed by atoms with Crippen molar-refractivity contribution in [1.29, 1.82) is 0 Å². The molecule has 33 heavy (non-hydrogen) atoms. The van der Waals surface area contributed by atoms with E-state index in [9.17, 15) is 18.0 Å². The number of nitrogens with zero attached hydrogens (tertiary/aromatic N) is 5. The number of fused-ring (bicyclic) bond motifs is 1. The summed E-state index contributed by atoms with van der Waals surface area (Å²) in [6.07, 6.45) is -0.220. The van der Waals surface area contributed by atoms with Gasteiger partial charge in [-0.25, -0.2) is 4.98 Å². The van der Waals surface area contributed by atoms with Crippen LogP contribution in [0.15, 0.2) is 12.3 Å². The van der Waals surface area contributed by atoms with Crippen LogP contribution in [0.25, 0.3) is 0 Å². The number of hydrogen-bond donors (Lipinski definition) is 2. The molecule has 0 saturated heterocycles. The molecule has 1 aliphatic heterocycles. The summed E-state index contributed by atoms with van der Waals surface area (Å²) < 4.78 is 45.8. The van der Waals surface area contributed by atoms with Crippen molar-refractivity contribution in [2.24, 2.45) is 5.92 Å².